The van der Waals surface area contributed by atoms with E-state index in [9.17, 15) is 37.5 Å². The monoisotopic (exact) mass is 791 g/mol. The standard InChI is InChI=1S/C40H53N7O8S/c1-39(2,53)33-23-42-45-47(33)30-22-32(36(50)44-40(18-10-5-11-19-40)34(48)37(51)41-25-56(3,54)55)46(24-30)38(52)31(20-26-12-6-4-7-13-26)43-35(49)29-17-16-27-14-8-9-15-28(27)21-29/h8-9,14-17,21,23,26,30-32,53H,4-7,10-13,18-20,22,24-25H2,1-3H3,(H,41,51)(H,43,49)(H,44,50)/t30-,31+,32-/m0/s1. The van der Waals surface area contributed by atoms with Gasteiger partial charge in [0.1, 0.15) is 29.1 Å². The molecule has 4 N–H and O–H groups in total. The first kappa shape index (κ1) is 40.9. The Labute approximate surface area is 327 Å². The van der Waals surface area contributed by atoms with Crippen LogP contribution < -0.4 is 16.0 Å². The second-order valence-electron chi connectivity index (χ2n) is 16.4. The number of ketones is 1. The molecule has 3 atom stereocenters. The number of Topliss-reactive ketones (excluding diaryl/α,β-unsaturated/α-hetero) is 1. The largest absolute Gasteiger partial charge is 0.384 e. The van der Waals surface area contributed by atoms with Gasteiger partial charge in [0.15, 0.2) is 9.84 Å². The fraction of sp³-hybridized carbons (Fsp3) is 0.575. The predicted molar refractivity (Wildman–Crippen MR) is 208 cm³/mol. The van der Waals surface area contributed by atoms with Crippen molar-refractivity contribution in [2.75, 3.05) is 18.7 Å². The average molecular weight is 792 g/mol. The third-order valence-electron chi connectivity index (χ3n) is 11.5. The molecule has 0 radical (unpaired) electrons. The lowest BCUT2D eigenvalue weighted by atomic mass is 9.78. The van der Waals surface area contributed by atoms with Crippen LogP contribution in [0, 0.1) is 5.92 Å². The van der Waals surface area contributed by atoms with Crippen molar-refractivity contribution in [2.45, 2.75) is 120 Å². The number of hydrogen-bond donors (Lipinski definition) is 4. The molecule has 2 aromatic carbocycles. The van der Waals surface area contributed by atoms with Gasteiger partial charge in [-0.15, -0.1) is 5.10 Å². The number of nitrogens with one attached hydrogen (secondary N) is 3. The summed E-state index contributed by atoms with van der Waals surface area (Å²) in [5, 5.41) is 29.1. The van der Waals surface area contributed by atoms with Crippen LogP contribution in [0.4, 0.5) is 0 Å². The van der Waals surface area contributed by atoms with Gasteiger partial charge in [-0.3, -0.25) is 24.0 Å². The highest BCUT2D eigenvalue weighted by molar-refractivity contribution is 7.90. The summed E-state index contributed by atoms with van der Waals surface area (Å²) in [4.78, 5) is 71.7. The molecule has 1 aromatic heterocycles. The number of amides is 4. The number of aromatic nitrogens is 3. The van der Waals surface area contributed by atoms with Crippen molar-refractivity contribution in [1.82, 2.24) is 35.8 Å². The van der Waals surface area contributed by atoms with Crippen LogP contribution in [0.25, 0.3) is 10.8 Å². The zero-order chi connectivity index (χ0) is 40.3. The zero-order valence-electron chi connectivity index (χ0n) is 32.3. The summed E-state index contributed by atoms with van der Waals surface area (Å²) in [5.41, 5.74) is -2.20. The Morgan fingerprint density at radius 2 is 1.64 bits per heavy atom. The molecule has 2 saturated carbocycles. The van der Waals surface area contributed by atoms with Gasteiger partial charge in [-0.1, -0.05) is 86.9 Å². The van der Waals surface area contributed by atoms with Crippen LogP contribution in [0.1, 0.15) is 113 Å². The second-order valence-corrected chi connectivity index (χ2v) is 18.5. The van der Waals surface area contributed by atoms with Crippen molar-refractivity contribution in [1.29, 1.82) is 0 Å². The van der Waals surface area contributed by atoms with Gasteiger partial charge >= 0.3 is 0 Å². The van der Waals surface area contributed by atoms with Crippen LogP contribution in [-0.2, 0) is 34.6 Å². The Morgan fingerprint density at radius 1 is 0.964 bits per heavy atom. The fourth-order valence-corrected chi connectivity index (χ4v) is 8.96. The Kier molecular flexibility index (Phi) is 12.3. The summed E-state index contributed by atoms with van der Waals surface area (Å²) in [6, 6.07) is 10.3. The molecular weight excluding hydrogens is 739 g/mol. The number of nitrogens with zero attached hydrogens (tertiary/aromatic N) is 4. The molecule has 56 heavy (non-hydrogen) atoms. The first-order chi connectivity index (χ1) is 26.5. The van der Waals surface area contributed by atoms with Crippen LogP contribution in [0.5, 0.6) is 0 Å². The molecule has 3 aliphatic rings. The van der Waals surface area contributed by atoms with E-state index in [1.165, 1.54) is 15.8 Å². The number of aliphatic hydroxyl groups is 1. The lowest BCUT2D eigenvalue weighted by Gasteiger charge is -2.38. The highest BCUT2D eigenvalue weighted by Gasteiger charge is 2.49. The van der Waals surface area contributed by atoms with Gasteiger partial charge < -0.3 is 26.0 Å². The van der Waals surface area contributed by atoms with E-state index in [1.54, 1.807) is 26.0 Å². The van der Waals surface area contributed by atoms with Gasteiger partial charge in [-0.05, 0) is 61.9 Å². The molecule has 0 bridgehead atoms. The van der Waals surface area contributed by atoms with Crippen molar-refractivity contribution in [3.8, 4) is 0 Å². The number of benzene rings is 2. The normalized spacial score (nSPS) is 21.0. The maximum atomic E-state index is 15.0. The minimum atomic E-state index is -3.63. The quantitative estimate of drug-likeness (QED) is 0.186. The van der Waals surface area contributed by atoms with E-state index >= 15 is 0 Å². The predicted octanol–water partition coefficient (Wildman–Crippen LogP) is 3.08. The number of sulfone groups is 1. The van der Waals surface area contributed by atoms with E-state index in [2.05, 4.69) is 26.3 Å². The van der Waals surface area contributed by atoms with Crippen LogP contribution in [0.3, 0.4) is 0 Å². The maximum Gasteiger partial charge on any atom is 0.290 e. The van der Waals surface area contributed by atoms with Crippen molar-refractivity contribution < 1.29 is 37.5 Å². The number of fused-ring (bicyclic) bond motifs is 1. The molecule has 1 aliphatic heterocycles. The lowest BCUT2D eigenvalue weighted by molar-refractivity contribution is -0.146. The molecule has 2 aliphatic carbocycles. The number of rotatable bonds is 13. The number of likely N-dealkylation sites (tertiary alicyclic amines) is 1. The minimum Gasteiger partial charge on any atom is -0.384 e. The van der Waals surface area contributed by atoms with Gasteiger partial charge in [0.2, 0.25) is 17.6 Å². The van der Waals surface area contributed by atoms with E-state index in [1.807, 2.05) is 30.3 Å². The Hall–Kier alpha value is -4.70. The van der Waals surface area contributed by atoms with Crippen molar-refractivity contribution in [2.24, 2.45) is 5.92 Å². The van der Waals surface area contributed by atoms with Crippen LogP contribution in [-0.4, -0.2) is 99.1 Å². The highest BCUT2D eigenvalue weighted by Crippen LogP contribution is 2.35. The van der Waals surface area contributed by atoms with Gasteiger partial charge in [0, 0.05) is 24.8 Å². The Balaban J connectivity index is 1.32. The third-order valence-corrected chi connectivity index (χ3v) is 12.2. The molecular formula is C40H53N7O8S. The van der Waals surface area contributed by atoms with Gasteiger partial charge in [0.25, 0.3) is 11.8 Å². The molecule has 6 rings (SSSR count). The number of carbonyl (C=O) groups is 5. The maximum absolute atomic E-state index is 15.0. The molecule has 0 unspecified atom stereocenters. The SMILES string of the molecule is CC(C)(O)c1cnnn1[C@H]1C[C@@H](C(=O)NC2(C(=O)C(=O)NCS(C)(=O)=O)CCCCC2)N(C(=O)[C@@H](CC2CCCCC2)NC(=O)c2ccc3ccccc3c2)C1. The van der Waals surface area contributed by atoms with E-state index < -0.39 is 74.4 Å². The summed E-state index contributed by atoms with van der Waals surface area (Å²) >= 11 is 0. The smallest absolute Gasteiger partial charge is 0.290 e. The summed E-state index contributed by atoms with van der Waals surface area (Å²) in [6.45, 7) is 3.16. The van der Waals surface area contributed by atoms with E-state index in [-0.39, 0.29) is 31.7 Å². The minimum absolute atomic E-state index is 0.00777. The van der Waals surface area contributed by atoms with E-state index in [4.69, 9.17) is 0 Å². The van der Waals surface area contributed by atoms with Crippen molar-refractivity contribution in [3.05, 3.63) is 59.9 Å². The fourth-order valence-electron chi connectivity index (χ4n) is 8.56. The lowest BCUT2D eigenvalue weighted by Crippen LogP contribution is -2.63. The first-order valence-electron chi connectivity index (χ1n) is 19.6. The molecule has 15 nitrogen and oxygen atoms in total. The average Bonchev–Trinajstić information content (AvgIpc) is 3.85. The number of carbonyl (C=O) groups excluding carboxylic acids is 5. The van der Waals surface area contributed by atoms with Crippen molar-refractivity contribution >= 4 is 50.0 Å². The van der Waals surface area contributed by atoms with E-state index in [0.29, 0.717) is 30.5 Å². The third kappa shape index (κ3) is 9.45. The molecule has 0 spiro atoms. The molecule has 2 heterocycles. The summed E-state index contributed by atoms with van der Waals surface area (Å²) in [5.74, 6) is -4.17. The Bertz CT molecular complexity index is 2060. The first-order valence-corrected chi connectivity index (χ1v) is 21.7. The van der Waals surface area contributed by atoms with Crippen LogP contribution in [0.2, 0.25) is 0 Å². The van der Waals surface area contributed by atoms with Crippen molar-refractivity contribution in [3.63, 3.8) is 0 Å². The second kappa shape index (κ2) is 16.8. The molecule has 302 valence electrons. The summed E-state index contributed by atoms with van der Waals surface area (Å²) in [7, 11) is -3.63. The number of hydrogen-bond acceptors (Lipinski definition) is 10. The molecule has 3 aromatic rings. The van der Waals surface area contributed by atoms with Gasteiger partial charge in [-0.2, -0.15) is 0 Å². The highest BCUT2D eigenvalue weighted by atomic mass is 32.2. The van der Waals surface area contributed by atoms with Gasteiger partial charge in [-0.25, -0.2) is 13.1 Å². The molecule has 4 amide bonds. The van der Waals surface area contributed by atoms with E-state index in [0.717, 1.165) is 55.6 Å². The summed E-state index contributed by atoms with van der Waals surface area (Å²) < 4.78 is 25.1. The molecule has 16 heteroatoms. The zero-order valence-corrected chi connectivity index (χ0v) is 33.1. The molecule has 1 saturated heterocycles. The molecule has 3 fully saturated rings. The van der Waals surface area contributed by atoms with Gasteiger partial charge in [0.05, 0.1) is 17.9 Å². The summed E-state index contributed by atoms with van der Waals surface area (Å²) in [6.07, 6.45) is 9.89. The Morgan fingerprint density at radius 3 is 2.32 bits per heavy atom. The topological polar surface area (TPSA) is 210 Å². The van der Waals surface area contributed by atoms with Crippen LogP contribution in [0.15, 0.2) is 48.7 Å². The van der Waals surface area contributed by atoms with Crippen LogP contribution >= 0.6 is 0 Å².